The number of carbonyl (C=O) groups is 1. The Morgan fingerprint density at radius 2 is 2.17 bits per heavy atom. The van der Waals surface area contributed by atoms with Gasteiger partial charge in [0.2, 0.25) is 5.89 Å². The predicted molar refractivity (Wildman–Crippen MR) is 70.4 cm³/mol. The molecule has 1 aromatic rings. The van der Waals surface area contributed by atoms with E-state index in [1.54, 1.807) is 11.8 Å². The van der Waals surface area contributed by atoms with Crippen molar-refractivity contribution in [2.24, 2.45) is 11.8 Å². The molecule has 0 radical (unpaired) electrons. The number of nitrogens with zero attached hydrogens (tertiary/aromatic N) is 2. The molecule has 0 spiro atoms. The molecule has 0 aliphatic carbocycles. The van der Waals surface area contributed by atoms with Crippen LogP contribution >= 0.6 is 11.8 Å². The number of aliphatic carboxylic acids is 1. The Morgan fingerprint density at radius 3 is 2.78 bits per heavy atom. The maximum absolute atomic E-state index is 10.5. The van der Waals surface area contributed by atoms with E-state index in [1.165, 1.54) is 0 Å². The van der Waals surface area contributed by atoms with Crippen LogP contribution in [0.4, 0.5) is 0 Å². The van der Waals surface area contributed by atoms with Crippen LogP contribution in [0, 0.1) is 11.8 Å². The van der Waals surface area contributed by atoms with Crippen LogP contribution in [0.5, 0.6) is 0 Å². The van der Waals surface area contributed by atoms with Gasteiger partial charge >= 0.3 is 5.97 Å². The van der Waals surface area contributed by atoms with E-state index >= 15 is 0 Å². The lowest BCUT2D eigenvalue weighted by atomic mass is 10.0. The monoisotopic (exact) mass is 272 g/mol. The molecule has 0 saturated carbocycles. The van der Waals surface area contributed by atoms with Crippen LogP contribution < -0.4 is 0 Å². The topological polar surface area (TPSA) is 76.2 Å². The zero-order valence-electron chi connectivity index (χ0n) is 11.0. The van der Waals surface area contributed by atoms with Gasteiger partial charge in [-0.05, 0) is 17.6 Å². The Labute approximate surface area is 111 Å². The summed E-state index contributed by atoms with van der Waals surface area (Å²) < 4.78 is 5.11. The molecule has 1 aromatic heterocycles. The second-order valence-electron chi connectivity index (χ2n) is 4.92. The van der Waals surface area contributed by atoms with Crippen molar-refractivity contribution in [3.05, 3.63) is 11.7 Å². The molecule has 0 amide bonds. The molecular formula is C12H20N2O3S. The summed E-state index contributed by atoms with van der Waals surface area (Å²) in [7, 11) is 0. The average molecular weight is 272 g/mol. The van der Waals surface area contributed by atoms with E-state index in [0.29, 0.717) is 24.1 Å². The normalized spacial score (nSPS) is 12.9. The number of carboxylic acid groups (broad SMARTS) is 1. The van der Waals surface area contributed by atoms with Crippen molar-refractivity contribution in [3.63, 3.8) is 0 Å². The van der Waals surface area contributed by atoms with Crippen molar-refractivity contribution in [1.29, 1.82) is 0 Å². The summed E-state index contributed by atoms with van der Waals surface area (Å²) in [5.41, 5.74) is 0. The Morgan fingerprint density at radius 1 is 1.44 bits per heavy atom. The van der Waals surface area contributed by atoms with Crippen LogP contribution in [0.2, 0.25) is 0 Å². The zero-order chi connectivity index (χ0) is 13.5. The summed E-state index contributed by atoms with van der Waals surface area (Å²) in [6.07, 6.45) is 0.647. The third-order valence-electron chi connectivity index (χ3n) is 2.24. The van der Waals surface area contributed by atoms with Crippen molar-refractivity contribution in [3.8, 4) is 0 Å². The first-order valence-corrected chi connectivity index (χ1v) is 7.23. The molecule has 0 aromatic carbocycles. The van der Waals surface area contributed by atoms with E-state index in [4.69, 9.17) is 9.63 Å². The minimum absolute atomic E-state index is 0.0131. The fraction of sp³-hybridized carbons (Fsp3) is 0.750. The maximum atomic E-state index is 10.5. The van der Waals surface area contributed by atoms with Crippen molar-refractivity contribution >= 4 is 17.7 Å². The van der Waals surface area contributed by atoms with Gasteiger partial charge in [-0.2, -0.15) is 16.7 Å². The first kappa shape index (κ1) is 15.0. The van der Waals surface area contributed by atoms with Crippen LogP contribution in [0.3, 0.4) is 0 Å². The van der Waals surface area contributed by atoms with Crippen LogP contribution in [-0.2, 0) is 17.0 Å². The van der Waals surface area contributed by atoms with Crippen molar-refractivity contribution in [2.45, 2.75) is 39.4 Å². The van der Waals surface area contributed by atoms with Crippen molar-refractivity contribution in [1.82, 2.24) is 10.1 Å². The molecule has 1 heterocycles. The standard InChI is InChI=1S/C12H20N2O3S/c1-8(2)6-18-7-10-13-11(17-14-10)4-9(3)5-12(15)16/h8-9H,4-7H2,1-3H3,(H,15,16). The number of aromatic nitrogens is 2. The fourth-order valence-corrected chi connectivity index (χ4v) is 2.38. The molecule has 1 atom stereocenters. The highest BCUT2D eigenvalue weighted by molar-refractivity contribution is 7.98. The largest absolute Gasteiger partial charge is 0.481 e. The maximum Gasteiger partial charge on any atom is 0.303 e. The lowest BCUT2D eigenvalue weighted by molar-refractivity contribution is -0.137. The molecule has 1 rings (SSSR count). The highest BCUT2D eigenvalue weighted by atomic mass is 32.2. The van der Waals surface area contributed by atoms with Crippen molar-refractivity contribution in [2.75, 3.05) is 5.75 Å². The SMILES string of the molecule is CC(C)CSCc1noc(CC(C)CC(=O)O)n1. The van der Waals surface area contributed by atoms with Gasteiger partial charge in [0, 0.05) is 12.8 Å². The van der Waals surface area contributed by atoms with E-state index in [2.05, 4.69) is 24.0 Å². The summed E-state index contributed by atoms with van der Waals surface area (Å²) in [6, 6.07) is 0. The highest BCUT2D eigenvalue weighted by Gasteiger charge is 2.13. The number of hydrogen-bond acceptors (Lipinski definition) is 5. The van der Waals surface area contributed by atoms with Gasteiger partial charge in [-0.3, -0.25) is 4.79 Å². The second kappa shape index (κ2) is 7.41. The minimum atomic E-state index is -0.797. The van der Waals surface area contributed by atoms with Gasteiger partial charge < -0.3 is 9.63 Å². The first-order chi connectivity index (χ1) is 8.47. The molecule has 0 saturated heterocycles. The van der Waals surface area contributed by atoms with Crippen LogP contribution in [-0.4, -0.2) is 27.0 Å². The van der Waals surface area contributed by atoms with Gasteiger partial charge in [0.05, 0.1) is 5.75 Å². The summed E-state index contributed by atoms with van der Waals surface area (Å²) in [4.78, 5) is 14.8. The second-order valence-corrected chi connectivity index (χ2v) is 5.95. The minimum Gasteiger partial charge on any atom is -0.481 e. The predicted octanol–water partition coefficient (Wildman–Crippen LogP) is 2.61. The molecule has 0 bridgehead atoms. The molecule has 1 N–H and O–H groups in total. The van der Waals surface area contributed by atoms with Gasteiger partial charge in [0.25, 0.3) is 0 Å². The van der Waals surface area contributed by atoms with Crippen LogP contribution in [0.25, 0.3) is 0 Å². The first-order valence-electron chi connectivity index (χ1n) is 6.08. The van der Waals surface area contributed by atoms with Gasteiger partial charge in [-0.15, -0.1) is 0 Å². The Balaban J connectivity index is 2.36. The molecule has 0 aliphatic rings. The molecule has 5 nitrogen and oxygen atoms in total. The summed E-state index contributed by atoms with van der Waals surface area (Å²) >= 11 is 1.78. The third-order valence-corrected chi connectivity index (χ3v) is 3.60. The average Bonchev–Trinajstić information content (AvgIpc) is 2.63. The van der Waals surface area contributed by atoms with E-state index in [1.807, 2.05) is 6.92 Å². The summed E-state index contributed by atoms with van der Waals surface area (Å²) in [5, 5.41) is 12.6. The van der Waals surface area contributed by atoms with Crippen LogP contribution in [0.15, 0.2) is 4.52 Å². The summed E-state index contributed by atoms with van der Waals surface area (Å²) in [6.45, 7) is 6.20. The Hall–Kier alpha value is -1.04. The highest BCUT2D eigenvalue weighted by Crippen LogP contribution is 2.15. The summed E-state index contributed by atoms with van der Waals surface area (Å²) in [5.74, 6) is 2.90. The number of hydrogen-bond donors (Lipinski definition) is 1. The lowest BCUT2D eigenvalue weighted by Gasteiger charge is -2.03. The molecule has 1 unspecified atom stereocenters. The third kappa shape index (κ3) is 6.05. The quantitative estimate of drug-likeness (QED) is 0.784. The van der Waals surface area contributed by atoms with E-state index in [0.717, 1.165) is 11.5 Å². The smallest absolute Gasteiger partial charge is 0.303 e. The number of carboxylic acids is 1. The van der Waals surface area contributed by atoms with Gasteiger partial charge in [-0.25, -0.2) is 0 Å². The fourth-order valence-electron chi connectivity index (χ4n) is 1.49. The lowest BCUT2D eigenvalue weighted by Crippen LogP contribution is -2.07. The zero-order valence-corrected chi connectivity index (χ0v) is 11.9. The van der Waals surface area contributed by atoms with Gasteiger partial charge in [-0.1, -0.05) is 25.9 Å². The Bertz CT molecular complexity index is 379. The molecular weight excluding hydrogens is 252 g/mol. The van der Waals surface area contributed by atoms with E-state index in [9.17, 15) is 4.79 Å². The van der Waals surface area contributed by atoms with E-state index < -0.39 is 5.97 Å². The van der Waals surface area contributed by atoms with Crippen molar-refractivity contribution < 1.29 is 14.4 Å². The van der Waals surface area contributed by atoms with Gasteiger partial charge in [0.15, 0.2) is 5.82 Å². The Kier molecular flexibility index (Phi) is 6.18. The molecule has 0 aliphatic heterocycles. The molecule has 102 valence electrons. The van der Waals surface area contributed by atoms with Crippen LogP contribution in [0.1, 0.15) is 38.9 Å². The molecule has 18 heavy (non-hydrogen) atoms. The van der Waals surface area contributed by atoms with E-state index in [-0.39, 0.29) is 12.3 Å². The van der Waals surface area contributed by atoms with Gasteiger partial charge in [0.1, 0.15) is 0 Å². The number of thioether (sulfide) groups is 1. The molecule has 6 heteroatoms. The molecule has 0 fully saturated rings. The number of rotatable bonds is 8.